The van der Waals surface area contributed by atoms with E-state index in [4.69, 9.17) is 37.8 Å². The molecule has 4 N–H and O–H groups in total. The number of hydrogen-bond acceptors (Lipinski definition) is 6. The van der Waals surface area contributed by atoms with Crippen LogP contribution in [0.15, 0.2) is 54.6 Å². The summed E-state index contributed by atoms with van der Waals surface area (Å²) in [5, 5.41) is 18.8. The normalized spacial score (nSPS) is 22.8. The molecule has 1 unspecified atom stereocenters. The number of aliphatic hydroxyl groups excluding tert-OH is 1. The fourth-order valence-electron chi connectivity index (χ4n) is 6.39. The lowest BCUT2D eigenvalue weighted by Gasteiger charge is -2.37. The number of anilines is 2. The summed E-state index contributed by atoms with van der Waals surface area (Å²) in [5.41, 5.74) is 0.0169. The molecule has 2 aliphatic heterocycles. The molecule has 3 aromatic carbocycles. The van der Waals surface area contributed by atoms with E-state index in [1.807, 2.05) is 20.8 Å². The molecule has 2 amide bonds. The molecule has 0 saturated carbocycles. The Morgan fingerprint density at radius 1 is 1.14 bits per heavy atom. The van der Waals surface area contributed by atoms with Crippen molar-refractivity contribution in [3.63, 3.8) is 0 Å². The Morgan fingerprint density at radius 2 is 1.91 bits per heavy atom. The van der Waals surface area contributed by atoms with Gasteiger partial charge in [-0.05, 0) is 53.3 Å². The Hall–Kier alpha value is -3.37. The molecule has 2 heterocycles. The zero-order valence-electron chi connectivity index (χ0n) is 24.3. The van der Waals surface area contributed by atoms with E-state index >= 15 is 4.39 Å². The van der Waals surface area contributed by atoms with Gasteiger partial charge in [-0.25, -0.2) is 4.39 Å². The second-order valence-electron chi connectivity index (χ2n) is 12.0. The van der Waals surface area contributed by atoms with Crippen molar-refractivity contribution in [2.24, 2.45) is 5.41 Å². The first-order valence-electron chi connectivity index (χ1n) is 13.9. The second-order valence-corrected chi connectivity index (χ2v) is 12.9. The summed E-state index contributed by atoms with van der Waals surface area (Å²) in [7, 11) is 1.46. The predicted molar refractivity (Wildman–Crippen MR) is 165 cm³/mol. The number of ether oxygens (including phenoxy) is 2. The van der Waals surface area contributed by atoms with Crippen molar-refractivity contribution in [1.82, 2.24) is 5.32 Å². The minimum Gasteiger partial charge on any atom is -0.494 e. The average molecular weight is 631 g/mol. The van der Waals surface area contributed by atoms with Crippen molar-refractivity contribution < 1.29 is 28.6 Å². The van der Waals surface area contributed by atoms with E-state index in [0.717, 1.165) is 0 Å². The van der Waals surface area contributed by atoms with Crippen LogP contribution in [0.2, 0.25) is 10.0 Å². The van der Waals surface area contributed by atoms with E-state index in [1.54, 1.807) is 48.5 Å². The Bertz CT molecular complexity index is 1560. The topological polar surface area (TPSA) is 109 Å². The number of aliphatic hydroxyl groups is 1. The lowest BCUT2D eigenvalue weighted by molar-refractivity contribution is -0.122. The number of halogens is 3. The minimum absolute atomic E-state index is 0.0970. The molecule has 8 nitrogen and oxygen atoms in total. The van der Waals surface area contributed by atoms with Crippen LogP contribution in [-0.4, -0.2) is 49.3 Å². The second kappa shape index (κ2) is 12.0. The van der Waals surface area contributed by atoms with Crippen LogP contribution in [0.25, 0.3) is 0 Å². The van der Waals surface area contributed by atoms with Crippen LogP contribution < -0.4 is 25.4 Å². The third-order valence-electron chi connectivity index (χ3n) is 8.01. The molecule has 0 aliphatic carbocycles. The van der Waals surface area contributed by atoms with Crippen molar-refractivity contribution in [3.05, 3.63) is 81.6 Å². The monoisotopic (exact) mass is 629 g/mol. The van der Waals surface area contributed by atoms with Gasteiger partial charge in [-0.3, -0.25) is 9.59 Å². The standard InChI is InChI=1S/C32H34Cl2FN3O5/c1-31(2,3)16-25-32(20-10-8-17(33)14-23(20)37-30(32)41)26(19-6-5-7-21(34)27(19)35)28(38-25)29(40)36-22-11-9-18(43-13-12-39)15-24(22)42-4/h5-11,14-15,25-26,28,38-39H,12-13,16H2,1-4H3,(H,36,40)(H,37,41)/t25-,26+,28+,32?/m0/s1. The lowest BCUT2D eigenvalue weighted by atomic mass is 9.62. The van der Waals surface area contributed by atoms with Crippen LogP contribution in [0, 0.1) is 11.2 Å². The number of rotatable bonds is 8. The highest BCUT2D eigenvalue weighted by Gasteiger charge is 2.66. The molecule has 0 aromatic heterocycles. The summed E-state index contributed by atoms with van der Waals surface area (Å²) in [6.07, 6.45) is 0.491. The molecule has 43 heavy (non-hydrogen) atoms. The van der Waals surface area contributed by atoms with E-state index in [1.165, 1.54) is 13.2 Å². The number of methoxy groups -OCH3 is 1. The Labute approximate surface area is 259 Å². The number of fused-ring (bicyclic) bond motifs is 2. The highest BCUT2D eigenvalue weighted by Crippen LogP contribution is 2.57. The summed E-state index contributed by atoms with van der Waals surface area (Å²) in [6.45, 7) is 6.08. The molecule has 0 bridgehead atoms. The third kappa shape index (κ3) is 5.67. The number of nitrogens with one attached hydrogen (secondary N) is 3. The van der Waals surface area contributed by atoms with Gasteiger partial charge in [0.1, 0.15) is 29.3 Å². The highest BCUT2D eigenvalue weighted by molar-refractivity contribution is 6.31. The Morgan fingerprint density at radius 3 is 2.60 bits per heavy atom. The summed E-state index contributed by atoms with van der Waals surface area (Å²) in [5.74, 6) is -1.75. The smallest absolute Gasteiger partial charge is 0.242 e. The zero-order valence-corrected chi connectivity index (χ0v) is 25.8. The van der Waals surface area contributed by atoms with Crippen molar-refractivity contribution in [2.75, 3.05) is 31.0 Å². The molecule has 0 radical (unpaired) electrons. The molecule has 228 valence electrons. The Kier molecular flexibility index (Phi) is 8.64. The molecular formula is C32H34Cl2FN3O5. The fraction of sp³-hybridized carbons (Fsp3) is 0.375. The molecule has 1 fully saturated rings. The van der Waals surface area contributed by atoms with Gasteiger partial charge < -0.3 is 30.5 Å². The van der Waals surface area contributed by atoms with Gasteiger partial charge in [-0.2, -0.15) is 0 Å². The van der Waals surface area contributed by atoms with Crippen LogP contribution in [0.3, 0.4) is 0 Å². The first-order chi connectivity index (χ1) is 20.4. The largest absolute Gasteiger partial charge is 0.494 e. The van der Waals surface area contributed by atoms with E-state index in [-0.39, 0.29) is 35.1 Å². The van der Waals surface area contributed by atoms with Crippen LogP contribution in [0.1, 0.15) is 44.2 Å². The summed E-state index contributed by atoms with van der Waals surface area (Å²) in [6, 6.07) is 13.0. The van der Waals surface area contributed by atoms with Gasteiger partial charge >= 0.3 is 0 Å². The van der Waals surface area contributed by atoms with Crippen molar-refractivity contribution in [3.8, 4) is 11.5 Å². The summed E-state index contributed by atoms with van der Waals surface area (Å²) < 4.78 is 26.9. The maximum atomic E-state index is 16.0. The molecule has 3 aromatic rings. The first kappa shape index (κ1) is 31.1. The minimum atomic E-state index is -1.37. The number of carbonyl (C=O) groups is 2. The SMILES string of the molecule is COc1cc(OCCO)ccc1NC(=O)[C@@H]1N[C@@H](CC(C)(C)C)C2(C(=O)Nc3cc(Cl)ccc32)[C@@H]1c1cccc(Cl)c1F. The van der Waals surface area contributed by atoms with Crippen molar-refractivity contribution >= 4 is 46.4 Å². The molecular weight excluding hydrogens is 596 g/mol. The lowest BCUT2D eigenvalue weighted by Crippen LogP contribution is -2.49. The van der Waals surface area contributed by atoms with Gasteiger partial charge in [-0.1, -0.05) is 62.2 Å². The predicted octanol–water partition coefficient (Wildman–Crippen LogP) is 5.90. The van der Waals surface area contributed by atoms with Gasteiger partial charge in [0.15, 0.2) is 0 Å². The van der Waals surface area contributed by atoms with Gasteiger partial charge in [0, 0.05) is 28.7 Å². The number of hydrogen-bond donors (Lipinski definition) is 4. The van der Waals surface area contributed by atoms with Crippen LogP contribution >= 0.6 is 23.2 Å². The number of benzene rings is 3. The van der Waals surface area contributed by atoms with Gasteiger partial charge in [-0.15, -0.1) is 0 Å². The quantitative estimate of drug-likeness (QED) is 0.247. The molecule has 2 aliphatic rings. The summed E-state index contributed by atoms with van der Waals surface area (Å²) in [4.78, 5) is 28.5. The molecule has 1 saturated heterocycles. The van der Waals surface area contributed by atoms with E-state index in [2.05, 4.69) is 16.0 Å². The van der Waals surface area contributed by atoms with Gasteiger partial charge in [0.25, 0.3) is 0 Å². The van der Waals surface area contributed by atoms with E-state index < -0.39 is 35.1 Å². The van der Waals surface area contributed by atoms with Crippen molar-refractivity contribution in [1.29, 1.82) is 0 Å². The highest BCUT2D eigenvalue weighted by atomic mass is 35.5. The fourth-order valence-corrected chi connectivity index (χ4v) is 6.74. The molecule has 4 atom stereocenters. The number of amides is 2. The molecule has 5 rings (SSSR count). The number of carbonyl (C=O) groups excluding carboxylic acids is 2. The van der Waals surface area contributed by atoms with Crippen molar-refractivity contribution in [2.45, 2.75) is 50.6 Å². The zero-order chi connectivity index (χ0) is 31.1. The maximum Gasteiger partial charge on any atom is 0.242 e. The maximum absolute atomic E-state index is 16.0. The molecule has 1 spiro atoms. The van der Waals surface area contributed by atoms with Crippen LogP contribution in [-0.2, 0) is 15.0 Å². The van der Waals surface area contributed by atoms with E-state index in [0.29, 0.717) is 39.9 Å². The van der Waals surface area contributed by atoms with E-state index in [9.17, 15) is 9.59 Å². The third-order valence-corrected chi connectivity index (χ3v) is 8.54. The average Bonchev–Trinajstić information content (AvgIpc) is 3.42. The van der Waals surface area contributed by atoms with Gasteiger partial charge in [0.2, 0.25) is 11.8 Å². The van der Waals surface area contributed by atoms with Crippen LogP contribution in [0.4, 0.5) is 15.8 Å². The first-order valence-corrected chi connectivity index (χ1v) is 14.7. The molecule has 11 heteroatoms. The van der Waals surface area contributed by atoms with Gasteiger partial charge in [0.05, 0.1) is 30.5 Å². The van der Waals surface area contributed by atoms with Crippen LogP contribution in [0.5, 0.6) is 11.5 Å². The summed E-state index contributed by atoms with van der Waals surface area (Å²) >= 11 is 12.6. The Balaban J connectivity index is 1.66.